The number of benzene rings is 1. The molecular formula is C41H42F3N7O4. The van der Waals surface area contributed by atoms with E-state index in [4.69, 9.17) is 5.10 Å². The molecule has 1 aromatic carbocycles. The van der Waals surface area contributed by atoms with E-state index in [1.54, 1.807) is 27.2 Å². The molecule has 4 aromatic heterocycles. The number of halogens is 3. The first-order valence-corrected chi connectivity index (χ1v) is 19.0. The predicted octanol–water partition coefficient (Wildman–Crippen LogP) is 7.01. The zero-order valence-electron chi connectivity index (χ0n) is 31.1. The van der Waals surface area contributed by atoms with Gasteiger partial charge in [-0.1, -0.05) is 18.9 Å². The minimum atomic E-state index is -4.67. The lowest BCUT2D eigenvalue weighted by Gasteiger charge is -2.27. The second-order valence-electron chi connectivity index (χ2n) is 15.7. The highest BCUT2D eigenvalue weighted by Crippen LogP contribution is 2.62. The molecule has 2 fully saturated rings. The zero-order chi connectivity index (χ0) is 38.8. The van der Waals surface area contributed by atoms with Gasteiger partial charge in [0, 0.05) is 55.2 Å². The van der Waals surface area contributed by atoms with Gasteiger partial charge in [0.1, 0.15) is 23.7 Å². The van der Waals surface area contributed by atoms with Crippen molar-refractivity contribution in [2.24, 2.45) is 5.41 Å². The van der Waals surface area contributed by atoms with Crippen LogP contribution in [-0.2, 0) is 39.9 Å². The van der Waals surface area contributed by atoms with E-state index in [9.17, 15) is 32.3 Å². The summed E-state index contributed by atoms with van der Waals surface area (Å²) in [6, 6.07) is 6.84. The summed E-state index contributed by atoms with van der Waals surface area (Å²) >= 11 is 0. The molecular weight excluding hydrogens is 711 g/mol. The molecule has 2 bridgehead atoms. The van der Waals surface area contributed by atoms with Crippen LogP contribution in [0, 0.1) is 19.3 Å². The molecule has 286 valence electrons. The number of alkyl halides is 3. The SMILES string of the molecule is CC(=O)c1nn2c3c(cc(-c4cnc5cc(C)nn5c4)cc13)CCCCCCC(=O)CC[C@@]13C[C@@H](C(=O)Cc4nc(C(F)(F)F)ccc4C)N(C(=O)C2)[C@@H]1C3. The molecule has 1 aliphatic carbocycles. The number of piperidine rings is 1. The molecule has 0 spiro atoms. The van der Waals surface area contributed by atoms with E-state index < -0.39 is 29.1 Å². The summed E-state index contributed by atoms with van der Waals surface area (Å²) in [5, 5.41) is 9.85. The first-order valence-electron chi connectivity index (χ1n) is 19.0. The Morgan fingerprint density at radius 1 is 0.945 bits per heavy atom. The number of carbonyl (C=O) groups is 4. The van der Waals surface area contributed by atoms with Gasteiger partial charge in [-0.05, 0) is 92.7 Å². The summed E-state index contributed by atoms with van der Waals surface area (Å²) in [7, 11) is 0. The van der Waals surface area contributed by atoms with Gasteiger partial charge in [0.2, 0.25) is 5.91 Å². The average Bonchev–Trinajstić information content (AvgIpc) is 3.36. The number of hydrogen-bond acceptors (Lipinski definition) is 8. The predicted molar refractivity (Wildman–Crippen MR) is 196 cm³/mol. The Kier molecular flexibility index (Phi) is 9.20. The van der Waals surface area contributed by atoms with Crippen LogP contribution in [0.25, 0.3) is 27.7 Å². The molecule has 3 atom stereocenters. The van der Waals surface area contributed by atoms with Crippen LogP contribution in [0.2, 0.25) is 0 Å². The van der Waals surface area contributed by atoms with E-state index >= 15 is 0 Å². The number of hydrogen-bond donors (Lipinski definition) is 0. The summed E-state index contributed by atoms with van der Waals surface area (Å²) in [6.45, 7) is 4.70. The third-order valence-electron chi connectivity index (χ3n) is 11.8. The second-order valence-corrected chi connectivity index (χ2v) is 15.7. The van der Waals surface area contributed by atoms with Crippen molar-refractivity contribution < 1.29 is 32.3 Å². The lowest BCUT2D eigenvalue weighted by Crippen LogP contribution is -2.45. The molecule has 6 heterocycles. The van der Waals surface area contributed by atoms with Crippen LogP contribution < -0.4 is 0 Å². The van der Waals surface area contributed by atoms with E-state index in [0.717, 1.165) is 54.1 Å². The molecule has 1 amide bonds. The fourth-order valence-corrected chi connectivity index (χ4v) is 8.81. The Labute approximate surface area is 315 Å². The van der Waals surface area contributed by atoms with E-state index in [1.165, 1.54) is 13.0 Å². The number of Topliss-reactive ketones (excluding diaryl/α,β-unsaturated/α-hetero) is 3. The molecule has 14 heteroatoms. The zero-order valence-corrected chi connectivity index (χ0v) is 31.1. The summed E-state index contributed by atoms with van der Waals surface area (Å²) in [5.74, 6) is -0.870. The first kappa shape index (κ1) is 36.7. The smallest absolute Gasteiger partial charge is 0.327 e. The van der Waals surface area contributed by atoms with E-state index in [-0.39, 0.29) is 47.9 Å². The number of rotatable bonds is 5. The highest BCUT2D eigenvalue weighted by atomic mass is 19.4. The van der Waals surface area contributed by atoms with Gasteiger partial charge in [-0.15, -0.1) is 0 Å². The molecule has 11 nitrogen and oxygen atoms in total. The van der Waals surface area contributed by atoms with Gasteiger partial charge in [-0.25, -0.2) is 14.5 Å². The molecule has 1 saturated carbocycles. The number of aryl methyl sites for hydroxylation is 3. The maximum absolute atomic E-state index is 14.6. The number of aromatic nitrogens is 6. The summed E-state index contributed by atoms with van der Waals surface area (Å²) in [5.41, 5.74) is 3.92. The number of carbonyl (C=O) groups excluding carboxylic acids is 4. The van der Waals surface area contributed by atoms with Gasteiger partial charge in [0.15, 0.2) is 17.2 Å². The summed E-state index contributed by atoms with van der Waals surface area (Å²) in [4.78, 5) is 64.8. The van der Waals surface area contributed by atoms with E-state index in [0.29, 0.717) is 60.6 Å². The van der Waals surface area contributed by atoms with Crippen molar-refractivity contribution in [3.05, 3.63) is 76.6 Å². The molecule has 5 aromatic rings. The largest absolute Gasteiger partial charge is 0.433 e. The van der Waals surface area contributed by atoms with Crippen molar-refractivity contribution in [3.63, 3.8) is 0 Å². The summed E-state index contributed by atoms with van der Waals surface area (Å²) < 4.78 is 44.0. The number of ketones is 3. The van der Waals surface area contributed by atoms with Crippen molar-refractivity contribution >= 4 is 39.8 Å². The van der Waals surface area contributed by atoms with Gasteiger partial charge in [0.05, 0.1) is 29.4 Å². The van der Waals surface area contributed by atoms with Crippen LogP contribution >= 0.6 is 0 Å². The maximum atomic E-state index is 14.6. The van der Waals surface area contributed by atoms with Crippen LogP contribution in [0.5, 0.6) is 0 Å². The molecule has 1 saturated heterocycles. The third-order valence-corrected chi connectivity index (χ3v) is 11.8. The fourth-order valence-electron chi connectivity index (χ4n) is 8.81. The Morgan fingerprint density at radius 2 is 1.73 bits per heavy atom. The molecule has 0 N–H and O–H groups in total. The quantitative estimate of drug-likeness (QED) is 0.175. The van der Waals surface area contributed by atoms with Crippen molar-refractivity contribution in [3.8, 4) is 11.1 Å². The second kappa shape index (κ2) is 13.8. The third kappa shape index (κ3) is 6.95. The Balaban J connectivity index is 1.18. The van der Waals surface area contributed by atoms with Crippen molar-refractivity contribution in [1.29, 1.82) is 0 Å². The fraction of sp³-hybridized carbons (Fsp3) is 0.463. The normalized spacial score (nSPS) is 22.3. The number of pyridine rings is 1. The minimum absolute atomic E-state index is 0.0214. The van der Waals surface area contributed by atoms with Crippen molar-refractivity contribution in [1.82, 2.24) is 34.3 Å². The Morgan fingerprint density at radius 3 is 2.49 bits per heavy atom. The van der Waals surface area contributed by atoms with Crippen LogP contribution in [0.4, 0.5) is 13.2 Å². The van der Waals surface area contributed by atoms with Gasteiger partial charge in [-0.3, -0.25) is 23.9 Å². The standard InChI is InChI=1S/C41H42F3N7O4/c1-23-10-11-34(41(42,43)44)46-31(23)17-33(54)32-18-40-13-12-29(53)9-7-5-4-6-8-26-15-27(28-20-45-36-14-24(2)47-49(36)21-28)16-30-38(25(3)52)48-50(39(26)30)22-37(55)51(32)35(40)19-40/h10-11,14-16,20-21,32,35H,4-9,12-13,17-19,22H2,1-3H3/t32-,35+,40-/m0/s1. The highest BCUT2D eigenvalue weighted by molar-refractivity contribution is 6.07. The minimum Gasteiger partial charge on any atom is -0.327 e. The average molecular weight is 754 g/mol. The van der Waals surface area contributed by atoms with Gasteiger partial charge >= 0.3 is 6.18 Å². The molecule has 3 aliphatic rings. The summed E-state index contributed by atoms with van der Waals surface area (Å²) in [6.07, 6.45) is 4.92. The monoisotopic (exact) mass is 753 g/mol. The Hall–Kier alpha value is -5.27. The van der Waals surface area contributed by atoms with Crippen LogP contribution in [0.3, 0.4) is 0 Å². The Bertz CT molecular complexity index is 2400. The van der Waals surface area contributed by atoms with Gasteiger partial charge in [0.25, 0.3) is 0 Å². The lowest BCUT2D eigenvalue weighted by molar-refractivity contribution is -0.141. The van der Waals surface area contributed by atoms with Crippen LogP contribution in [0.1, 0.15) is 103 Å². The van der Waals surface area contributed by atoms with Crippen molar-refractivity contribution in [2.75, 3.05) is 0 Å². The van der Waals surface area contributed by atoms with Crippen LogP contribution in [-0.4, -0.2) is 69.6 Å². The molecule has 8 rings (SSSR count). The molecule has 2 aliphatic heterocycles. The molecule has 0 unspecified atom stereocenters. The first-order chi connectivity index (χ1) is 26.2. The van der Waals surface area contributed by atoms with Crippen molar-refractivity contribution in [2.45, 2.75) is 116 Å². The maximum Gasteiger partial charge on any atom is 0.433 e. The lowest BCUT2D eigenvalue weighted by atomic mass is 9.89. The van der Waals surface area contributed by atoms with E-state index in [1.807, 2.05) is 31.3 Å². The molecule has 55 heavy (non-hydrogen) atoms. The topological polar surface area (TPSA) is 132 Å². The van der Waals surface area contributed by atoms with Gasteiger partial charge < -0.3 is 4.90 Å². The number of nitrogens with zero attached hydrogens (tertiary/aromatic N) is 7. The van der Waals surface area contributed by atoms with E-state index in [2.05, 4.69) is 15.1 Å². The van der Waals surface area contributed by atoms with Crippen LogP contribution in [0.15, 0.2) is 42.7 Å². The molecule has 0 radical (unpaired) electrons. The number of fused-ring (bicyclic) bond motifs is 1. The number of amides is 1. The highest BCUT2D eigenvalue weighted by Gasteiger charge is 2.66. The van der Waals surface area contributed by atoms with Gasteiger partial charge in [-0.2, -0.15) is 23.4 Å².